The second-order valence-electron chi connectivity index (χ2n) is 7.97. The van der Waals surface area contributed by atoms with Crippen molar-refractivity contribution >= 4 is 17.6 Å². The SMILES string of the molecule is CCOC(=O)c1cccc(-n2c(C)ccc2-c2cc(Cl)ccc2OCC2CCOCC2)c1. The monoisotopic (exact) mass is 453 g/mol. The number of halogens is 1. The third kappa shape index (κ3) is 5.00. The molecule has 1 aliphatic rings. The first-order valence-corrected chi connectivity index (χ1v) is 11.4. The van der Waals surface area contributed by atoms with E-state index in [-0.39, 0.29) is 5.97 Å². The van der Waals surface area contributed by atoms with E-state index in [0.29, 0.717) is 29.7 Å². The lowest BCUT2D eigenvalue weighted by Crippen LogP contribution is -2.21. The van der Waals surface area contributed by atoms with E-state index in [1.807, 2.05) is 43.3 Å². The molecule has 1 saturated heterocycles. The zero-order valence-corrected chi connectivity index (χ0v) is 19.2. The van der Waals surface area contributed by atoms with E-state index in [9.17, 15) is 4.79 Å². The molecule has 0 atom stereocenters. The summed E-state index contributed by atoms with van der Waals surface area (Å²) in [6.07, 6.45) is 2.03. The third-order valence-electron chi connectivity index (χ3n) is 5.72. The molecule has 2 aromatic carbocycles. The normalized spacial score (nSPS) is 14.3. The fourth-order valence-corrected chi connectivity index (χ4v) is 4.20. The summed E-state index contributed by atoms with van der Waals surface area (Å²) >= 11 is 6.38. The number of aromatic nitrogens is 1. The minimum Gasteiger partial charge on any atom is -0.493 e. The molecule has 0 amide bonds. The molecule has 1 aromatic heterocycles. The predicted octanol–water partition coefficient (Wildman–Crippen LogP) is 6.09. The molecular weight excluding hydrogens is 426 g/mol. The van der Waals surface area contributed by atoms with E-state index in [2.05, 4.69) is 16.7 Å². The Morgan fingerprint density at radius 3 is 2.72 bits per heavy atom. The molecule has 0 aliphatic carbocycles. The van der Waals surface area contributed by atoms with Crippen molar-refractivity contribution in [3.63, 3.8) is 0 Å². The molecule has 3 aromatic rings. The summed E-state index contributed by atoms with van der Waals surface area (Å²) in [5.74, 6) is 0.952. The van der Waals surface area contributed by atoms with Crippen LogP contribution in [0.15, 0.2) is 54.6 Å². The highest BCUT2D eigenvalue weighted by molar-refractivity contribution is 6.31. The maximum Gasteiger partial charge on any atom is 0.338 e. The summed E-state index contributed by atoms with van der Waals surface area (Å²) in [6.45, 7) is 6.41. The van der Waals surface area contributed by atoms with Crippen LogP contribution in [0.2, 0.25) is 5.02 Å². The van der Waals surface area contributed by atoms with Gasteiger partial charge in [0.05, 0.1) is 24.5 Å². The first-order valence-electron chi connectivity index (χ1n) is 11.0. The highest BCUT2D eigenvalue weighted by atomic mass is 35.5. The van der Waals surface area contributed by atoms with Crippen molar-refractivity contribution in [3.8, 4) is 22.7 Å². The Hall–Kier alpha value is -2.76. The first kappa shape index (κ1) is 22.4. The van der Waals surface area contributed by atoms with Crippen molar-refractivity contribution in [2.45, 2.75) is 26.7 Å². The quantitative estimate of drug-likeness (QED) is 0.406. The molecule has 0 unspecified atom stereocenters. The van der Waals surface area contributed by atoms with Crippen LogP contribution in [-0.4, -0.2) is 37.0 Å². The van der Waals surface area contributed by atoms with E-state index in [1.165, 1.54) is 0 Å². The number of hydrogen-bond acceptors (Lipinski definition) is 4. The number of nitrogens with zero attached hydrogens (tertiary/aromatic N) is 1. The van der Waals surface area contributed by atoms with Crippen LogP contribution < -0.4 is 4.74 Å². The van der Waals surface area contributed by atoms with Crippen LogP contribution >= 0.6 is 11.6 Å². The molecule has 0 radical (unpaired) electrons. The molecule has 6 heteroatoms. The number of hydrogen-bond donors (Lipinski definition) is 0. The van der Waals surface area contributed by atoms with Crippen LogP contribution in [0.25, 0.3) is 16.9 Å². The average molecular weight is 454 g/mol. The zero-order chi connectivity index (χ0) is 22.5. The number of aryl methyl sites for hydroxylation is 1. The van der Waals surface area contributed by atoms with Gasteiger partial charge in [-0.05, 0) is 81.1 Å². The lowest BCUT2D eigenvalue weighted by atomic mass is 10.0. The average Bonchev–Trinajstić information content (AvgIpc) is 3.20. The molecule has 5 nitrogen and oxygen atoms in total. The van der Waals surface area contributed by atoms with Crippen molar-refractivity contribution in [1.82, 2.24) is 4.57 Å². The molecule has 0 bridgehead atoms. The van der Waals surface area contributed by atoms with Crippen LogP contribution in [0, 0.1) is 12.8 Å². The number of ether oxygens (including phenoxy) is 3. The van der Waals surface area contributed by atoms with Crippen LogP contribution in [-0.2, 0) is 9.47 Å². The number of esters is 1. The Labute approximate surface area is 193 Å². The molecule has 4 rings (SSSR count). The highest BCUT2D eigenvalue weighted by Crippen LogP contribution is 2.36. The van der Waals surface area contributed by atoms with Gasteiger partial charge in [0.1, 0.15) is 5.75 Å². The summed E-state index contributed by atoms with van der Waals surface area (Å²) in [5.41, 5.74) is 4.30. The Kier molecular flexibility index (Phi) is 7.18. The van der Waals surface area contributed by atoms with E-state index in [1.54, 1.807) is 13.0 Å². The molecule has 168 valence electrons. The van der Waals surface area contributed by atoms with Gasteiger partial charge in [-0.25, -0.2) is 4.79 Å². The number of benzene rings is 2. The lowest BCUT2D eigenvalue weighted by Gasteiger charge is -2.23. The summed E-state index contributed by atoms with van der Waals surface area (Å²) < 4.78 is 19.0. The van der Waals surface area contributed by atoms with Crippen molar-refractivity contribution in [3.05, 3.63) is 70.9 Å². The summed E-state index contributed by atoms with van der Waals surface area (Å²) in [5, 5.41) is 0.643. The van der Waals surface area contributed by atoms with Crippen LogP contribution in [0.5, 0.6) is 5.75 Å². The van der Waals surface area contributed by atoms with Crippen LogP contribution in [0.1, 0.15) is 35.8 Å². The highest BCUT2D eigenvalue weighted by Gasteiger charge is 2.19. The summed E-state index contributed by atoms with van der Waals surface area (Å²) in [7, 11) is 0. The van der Waals surface area contributed by atoms with Gasteiger partial charge in [0.15, 0.2) is 0 Å². The Morgan fingerprint density at radius 1 is 1.12 bits per heavy atom. The zero-order valence-electron chi connectivity index (χ0n) is 18.5. The van der Waals surface area contributed by atoms with Gasteiger partial charge in [-0.2, -0.15) is 0 Å². The maximum atomic E-state index is 12.3. The standard InChI is InChI=1S/C26H28ClNO4/c1-3-31-26(29)20-5-4-6-22(15-20)28-18(2)7-9-24(28)23-16-21(27)8-10-25(23)32-17-19-11-13-30-14-12-19/h4-10,15-16,19H,3,11-14,17H2,1-2H3. The Morgan fingerprint density at radius 2 is 1.94 bits per heavy atom. The minimum atomic E-state index is -0.330. The Balaban J connectivity index is 1.69. The van der Waals surface area contributed by atoms with Crippen LogP contribution in [0.3, 0.4) is 0 Å². The topological polar surface area (TPSA) is 49.7 Å². The van der Waals surface area contributed by atoms with E-state index >= 15 is 0 Å². The number of carbonyl (C=O) groups excluding carboxylic acids is 1. The third-order valence-corrected chi connectivity index (χ3v) is 5.96. The van der Waals surface area contributed by atoms with E-state index in [4.69, 9.17) is 25.8 Å². The lowest BCUT2D eigenvalue weighted by molar-refractivity contribution is 0.0498. The molecule has 1 aliphatic heterocycles. The molecule has 32 heavy (non-hydrogen) atoms. The van der Waals surface area contributed by atoms with Gasteiger partial charge in [-0.3, -0.25) is 0 Å². The van der Waals surface area contributed by atoms with E-state index < -0.39 is 0 Å². The van der Waals surface area contributed by atoms with Crippen molar-refractivity contribution in [1.29, 1.82) is 0 Å². The number of carbonyl (C=O) groups is 1. The second kappa shape index (κ2) is 10.2. The van der Waals surface area contributed by atoms with Gasteiger partial charge in [-0.1, -0.05) is 17.7 Å². The molecule has 0 saturated carbocycles. The summed E-state index contributed by atoms with van der Waals surface area (Å²) in [4.78, 5) is 12.3. The van der Waals surface area contributed by atoms with Gasteiger partial charge in [0.2, 0.25) is 0 Å². The van der Waals surface area contributed by atoms with Gasteiger partial charge in [0, 0.05) is 35.2 Å². The molecule has 2 heterocycles. The molecular formula is C26H28ClNO4. The largest absolute Gasteiger partial charge is 0.493 e. The van der Waals surface area contributed by atoms with Crippen molar-refractivity contribution in [2.75, 3.05) is 26.4 Å². The molecule has 0 spiro atoms. The smallest absolute Gasteiger partial charge is 0.338 e. The first-order chi connectivity index (χ1) is 15.6. The van der Waals surface area contributed by atoms with Crippen molar-refractivity contribution in [2.24, 2.45) is 5.92 Å². The predicted molar refractivity (Wildman–Crippen MR) is 126 cm³/mol. The van der Waals surface area contributed by atoms with Gasteiger partial charge < -0.3 is 18.8 Å². The molecule has 0 N–H and O–H groups in total. The Bertz CT molecular complexity index is 1090. The fourth-order valence-electron chi connectivity index (χ4n) is 4.03. The minimum absolute atomic E-state index is 0.330. The van der Waals surface area contributed by atoms with E-state index in [0.717, 1.165) is 54.4 Å². The van der Waals surface area contributed by atoms with Gasteiger partial charge in [0.25, 0.3) is 0 Å². The summed E-state index contributed by atoms with van der Waals surface area (Å²) in [6, 6.07) is 17.3. The van der Waals surface area contributed by atoms with Gasteiger partial charge >= 0.3 is 5.97 Å². The molecule has 1 fully saturated rings. The fraction of sp³-hybridized carbons (Fsp3) is 0.346. The number of rotatable bonds is 7. The van der Waals surface area contributed by atoms with Crippen LogP contribution in [0.4, 0.5) is 0 Å². The van der Waals surface area contributed by atoms with Gasteiger partial charge in [-0.15, -0.1) is 0 Å². The van der Waals surface area contributed by atoms with Crippen molar-refractivity contribution < 1.29 is 19.0 Å². The maximum absolute atomic E-state index is 12.3. The second-order valence-corrected chi connectivity index (χ2v) is 8.41.